The number of nitrogens with one attached hydrogen (secondary N) is 1. The number of carbonyl (C=O) groups is 1. The number of carbonyl (C=O) groups excluding carboxylic acids is 1. The zero-order chi connectivity index (χ0) is 9.35. The molecule has 70 valence electrons. The van der Waals surface area contributed by atoms with Gasteiger partial charge in [0.2, 0.25) is 0 Å². The van der Waals surface area contributed by atoms with Gasteiger partial charge in [-0.25, -0.2) is 0 Å². The SMILES string of the molecule is CC(C)(O)C(=O)NC1CC1CO. The van der Waals surface area contributed by atoms with Gasteiger partial charge < -0.3 is 15.5 Å². The number of hydrogen-bond donors (Lipinski definition) is 3. The van der Waals surface area contributed by atoms with Gasteiger partial charge in [0.25, 0.3) is 5.91 Å². The fourth-order valence-corrected chi connectivity index (χ4v) is 0.971. The molecule has 1 saturated carbocycles. The first-order valence-corrected chi connectivity index (χ1v) is 4.09. The summed E-state index contributed by atoms with van der Waals surface area (Å²) in [6.07, 6.45) is 0.818. The van der Waals surface area contributed by atoms with Gasteiger partial charge in [0, 0.05) is 18.6 Å². The number of aliphatic hydroxyl groups is 2. The second-order valence-electron chi connectivity index (χ2n) is 3.82. The molecular formula is C8H15NO3. The highest BCUT2D eigenvalue weighted by molar-refractivity contribution is 5.84. The maximum absolute atomic E-state index is 11.1. The highest BCUT2D eigenvalue weighted by Crippen LogP contribution is 2.29. The molecule has 1 aliphatic rings. The van der Waals surface area contributed by atoms with Crippen LogP contribution in [0.1, 0.15) is 20.3 Å². The molecule has 0 aromatic carbocycles. The van der Waals surface area contributed by atoms with Crippen molar-refractivity contribution < 1.29 is 15.0 Å². The van der Waals surface area contributed by atoms with Crippen molar-refractivity contribution in [3.8, 4) is 0 Å². The van der Waals surface area contributed by atoms with Gasteiger partial charge >= 0.3 is 0 Å². The Kier molecular flexibility index (Phi) is 2.39. The summed E-state index contributed by atoms with van der Waals surface area (Å²) in [7, 11) is 0. The minimum absolute atomic E-state index is 0.0638. The van der Waals surface area contributed by atoms with E-state index in [1.54, 1.807) is 0 Å². The molecule has 2 atom stereocenters. The first-order chi connectivity index (χ1) is 5.45. The standard InChI is InChI=1S/C8H15NO3/c1-8(2,12)7(11)9-6-3-5(6)4-10/h5-6,10,12H,3-4H2,1-2H3,(H,9,11). The van der Waals surface area contributed by atoms with Crippen molar-refractivity contribution >= 4 is 5.91 Å². The topological polar surface area (TPSA) is 69.6 Å². The van der Waals surface area contributed by atoms with Gasteiger partial charge in [0.15, 0.2) is 0 Å². The van der Waals surface area contributed by atoms with Gasteiger partial charge in [-0.15, -0.1) is 0 Å². The molecule has 0 aromatic heterocycles. The van der Waals surface area contributed by atoms with Crippen LogP contribution in [0.2, 0.25) is 0 Å². The van der Waals surface area contributed by atoms with E-state index in [4.69, 9.17) is 5.11 Å². The van der Waals surface area contributed by atoms with E-state index >= 15 is 0 Å². The molecule has 0 bridgehead atoms. The lowest BCUT2D eigenvalue weighted by Gasteiger charge is -2.16. The van der Waals surface area contributed by atoms with Crippen molar-refractivity contribution in [2.24, 2.45) is 5.92 Å². The molecule has 1 fully saturated rings. The van der Waals surface area contributed by atoms with Gasteiger partial charge in [0.05, 0.1) is 0 Å². The molecule has 0 radical (unpaired) electrons. The summed E-state index contributed by atoms with van der Waals surface area (Å²) in [5, 5.41) is 20.6. The quantitative estimate of drug-likeness (QED) is 0.526. The fraction of sp³-hybridized carbons (Fsp3) is 0.875. The van der Waals surface area contributed by atoms with Crippen molar-refractivity contribution in [2.45, 2.75) is 31.9 Å². The smallest absolute Gasteiger partial charge is 0.251 e. The van der Waals surface area contributed by atoms with Crippen LogP contribution in [0, 0.1) is 5.92 Å². The first kappa shape index (κ1) is 9.48. The Morgan fingerprint density at radius 2 is 2.25 bits per heavy atom. The molecule has 0 spiro atoms. The number of rotatable bonds is 3. The van der Waals surface area contributed by atoms with E-state index in [1.165, 1.54) is 13.8 Å². The molecule has 1 aliphatic carbocycles. The summed E-state index contributed by atoms with van der Waals surface area (Å²) in [5.74, 6) is -0.181. The minimum atomic E-state index is -1.32. The van der Waals surface area contributed by atoms with E-state index in [9.17, 15) is 9.90 Å². The lowest BCUT2D eigenvalue weighted by molar-refractivity contribution is -0.136. The molecule has 2 unspecified atom stereocenters. The van der Waals surface area contributed by atoms with Crippen molar-refractivity contribution in [1.82, 2.24) is 5.32 Å². The maximum atomic E-state index is 11.1. The average Bonchev–Trinajstić information content (AvgIpc) is 2.65. The third-order valence-corrected chi connectivity index (χ3v) is 2.03. The van der Waals surface area contributed by atoms with Crippen molar-refractivity contribution in [3.05, 3.63) is 0 Å². The van der Waals surface area contributed by atoms with E-state index in [-0.39, 0.29) is 24.5 Å². The van der Waals surface area contributed by atoms with E-state index < -0.39 is 5.60 Å². The van der Waals surface area contributed by atoms with Gasteiger partial charge in [-0.2, -0.15) is 0 Å². The predicted octanol–water partition coefficient (Wildman–Crippen LogP) is -0.746. The first-order valence-electron chi connectivity index (χ1n) is 4.09. The van der Waals surface area contributed by atoms with E-state index in [2.05, 4.69) is 5.32 Å². The summed E-state index contributed by atoms with van der Waals surface area (Å²) in [5.41, 5.74) is -1.32. The van der Waals surface area contributed by atoms with Crippen LogP contribution < -0.4 is 5.32 Å². The molecule has 3 N–H and O–H groups in total. The Labute approximate surface area is 71.6 Å². The Balaban J connectivity index is 2.30. The Morgan fingerprint density at radius 1 is 1.67 bits per heavy atom. The fourth-order valence-electron chi connectivity index (χ4n) is 0.971. The van der Waals surface area contributed by atoms with E-state index in [0.29, 0.717) is 0 Å². The second kappa shape index (κ2) is 3.03. The third-order valence-electron chi connectivity index (χ3n) is 2.03. The number of amides is 1. The Bertz CT molecular complexity index is 185. The lowest BCUT2D eigenvalue weighted by Crippen LogP contribution is -2.43. The largest absolute Gasteiger partial charge is 0.396 e. The molecule has 1 rings (SSSR count). The molecular weight excluding hydrogens is 158 g/mol. The summed E-state index contributed by atoms with van der Waals surface area (Å²) in [6, 6.07) is 0.0638. The molecule has 0 saturated heterocycles. The van der Waals surface area contributed by atoms with Gasteiger partial charge in [0.1, 0.15) is 5.60 Å². The molecule has 4 nitrogen and oxygen atoms in total. The summed E-state index contributed by atoms with van der Waals surface area (Å²) in [4.78, 5) is 11.1. The van der Waals surface area contributed by atoms with Gasteiger partial charge in [-0.05, 0) is 20.3 Å². The van der Waals surface area contributed by atoms with Crippen molar-refractivity contribution in [3.63, 3.8) is 0 Å². The van der Waals surface area contributed by atoms with Gasteiger partial charge in [-0.1, -0.05) is 0 Å². The number of aliphatic hydroxyl groups excluding tert-OH is 1. The second-order valence-corrected chi connectivity index (χ2v) is 3.82. The van der Waals surface area contributed by atoms with Crippen LogP contribution in [0.25, 0.3) is 0 Å². The Morgan fingerprint density at radius 3 is 2.58 bits per heavy atom. The van der Waals surface area contributed by atoms with Crippen LogP contribution >= 0.6 is 0 Å². The van der Waals surface area contributed by atoms with Crippen molar-refractivity contribution in [2.75, 3.05) is 6.61 Å². The van der Waals surface area contributed by atoms with Crippen LogP contribution in [0.5, 0.6) is 0 Å². The monoisotopic (exact) mass is 173 g/mol. The van der Waals surface area contributed by atoms with Crippen LogP contribution in [0.15, 0.2) is 0 Å². The van der Waals surface area contributed by atoms with Gasteiger partial charge in [-0.3, -0.25) is 4.79 Å². The predicted molar refractivity (Wildman–Crippen MR) is 43.4 cm³/mol. The zero-order valence-electron chi connectivity index (χ0n) is 7.37. The van der Waals surface area contributed by atoms with Crippen LogP contribution in [-0.4, -0.2) is 34.4 Å². The molecule has 12 heavy (non-hydrogen) atoms. The molecule has 4 heteroatoms. The summed E-state index contributed by atoms with van der Waals surface area (Å²) >= 11 is 0. The van der Waals surface area contributed by atoms with E-state index in [0.717, 1.165) is 6.42 Å². The van der Waals surface area contributed by atoms with Crippen LogP contribution in [0.3, 0.4) is 0 Å². The molecule has 0 heterocycles. The number of hydrogen-bond acceptors (Lipinski definition) is 3. The normalized spacial score (nSPS) is 28.3. The maximum Gasteiger partial charge on any atom is 0.251 e. The van der Waals surface area contributed by atoms with Crippen LogP contribution in [0.4, 0.5) is 0 Å². The lowest BCUT2D eigenvalue weighted by atomic mass is 10.1. The minimum Gasteiger partial charge on any atom is -0.396 e. The average molecular weight is 173 g/mol. The van der Waals surface area contributed by atoms with Crippen LogP contribution in [-0.2, 0) is 4.79 Å². The molecule has 1 amide bonds. The highest BCUT2D eigenvalue weighted by Gasteiger charge is 2.39. The third kappa shape index (κ3) is 2.19. The van der Waals surface area contributed by atoms with Crippen molar-refractivity contribution in [1.29, 1.82) is 0 Å². The Hall–Kier alpha value is -0.610. The molecule has 0 aromatic rings. The van der Waals surface area contributed by atoms with E-state index in [1.807, 2.05) is 0 Å². The summed E-state index contributed by atoms with van der Waals surface area (Å²) < 4.78 is 0. The summed E-state index contributed by atoms with van der Waals surface area (Å²) in [6.45, 7) is 2.99. The molecule has 0 aliphatic heterocycles. The zero-order valence-corrected chi connectivity index (χ0v) is 7.37. The highest BCUT2D eigenvalue weighted by atomic mass is 16.3.